The number of nitrogens with zero attached hydrogens (tertiary/aromatic N) is 3. The van der Waals surface area contributed by atoms with Crippen LogP contribution in [0.4, 0.5) is 0 Å². The Morgan fingerprint density at radius 3 is 2.96 bits per heavy atom. The molecule has 1 N–H and O–H groups in total. The molecule has 1 saturated heterocycles. The van der Waals surface area contributed by atoms with Gasteiger partial charge in [-0.3, -0.25) is 4.79 Å². The van der Waals surface area contributed by atoms with Crippen LogP contribution in [0.25, 0.3) is 0 Å². The van der Waals surface area contributed by atoms with Gasteiger partial charge in [0.25, 0.3) is 0 Å². The third kappa shape index (κ3) is 4.27. The lowest BCUT2D eigenvalue weighted by Crippen LogP contribution is -2.57. The normalized spacial score (nSPS) is 20.6. The summed E-state index contributed by atoms with van der Waals surface area (Å²) in [7, 11) is 0. The summed E-state index contributed by atoms with van der Waals surface area (Å²) in [5.41, 5.74) is 1.58. The summed E-state index contributed by atoms with van der Waals surface area (Å²) in [6.45, 7) is 3.99. The van der Waals surface area contributed by atoms with Crippen LogP contribution in [0.1, 0.15) is 17.5 Å². The minimum absolute atomic E-state index is 0.0830. The van der Waals surface area contributed by atoms with E-state index in [1.807, 2.05) is 27.8 Å². The summed E-state index contributed by atoms with van der Waals surface area (Å²) < 4.78 is 7.84. The summed E-state index contributed by atoms with van der Waals surface area (Å²) in [4.78, 5) is 18.4. The topological polar surface area (TPSA) is 67.6 Å². The predicted molar refractivity (Wildman–Crippen MR) is 94.1 cm³/mol. The van der Waals surface area contributed by atoms with E-state index in [1.165, 1.54) is 5.56 Å². The number of carbonyl (C=O) groups is 1. The van der Waals surface area contributed by atoms with E-state index in [9.17, 15) is 9.90 Å². The summed E-state index contributed by atoms with van der Waals surface area (Å²) >= 11 is 0. The van der Waals surface area contributed by atoms with Gasteiger partial charge in [0.05, 0.1) is 26.1 Å². The van der Waals surface area contributed by atoms with Crippen LogP contribution in [-0.4, -0.2) is 57.4 Å². The zero-order valence-electron chi connectivity index (χ0n) is 14.6. The number of aliphatic hydroxyl groups is 1. The molecule has 0 spiro atoms. The average molecular weight is 343 g/mol. The quantitative estimate of drug-likeness (QED) is 0.861. The molecule has 0 unspecified atom stereocenters. The van der Waals surface area contributed by atoms with Crippen LogP contribution in [0.2, 0.25) is 0 Å². The first-order chi connectivity index (χ1) is 12.1. The van der Waals surface area contributed by atoms with Gasteiger partial charge in [-0.1, -0.05) is 24.3 Å². The van der Waals surface area contributed by atoms with Crippen LogP contribution in [0.3, 0.4) is 0 Å². The molecule has 1 aromatic carbocycles. The SMILES string of the molecule is Cc1ccccc1C[C@@]1(CO)CN(C(=O)CCn2ccnc2)CCO1. The Balaban J connectivity index is 1.65. The Hall–Kier alpha value is -2.18. The van der Waals surface area contributed by atoms with Crippen molar-refractivity contribution in [3.8, 4) is 0 Å². The summed E-state index contributed by atoms with van der Waals surface area (Å²) in [6.07, 6.45) is 6.29. The molecule has 1 atom stereocenters. The molecule has 0 bridgehead atoms. The van der Waals surface area contributed by atoms with Gasteiger partial charge in [-0.05, 0) is 18.1 Å². The fraction of sp³-hybridized carbons (Fsp3) is 0.474. The van der Waals surface area contributed by atoms with Crippen molar-refractivity contribution in [3.63, 3.8) is 0 Å². The number of aryl methyl sites for hydroxylation is 2. The lowest BCUT2D eigenvalue weighted by molar-refractivity contribution is -0.158. The number of aromatic nitrogens is 2. The van der Waals surface area contributed by atoms with Crippen molar-refractivity contribution in [1.82, 2.24) is 14.5 Å². The largest absolute Gasteiger partial charge is 0.393 e. The van der Waals surface area contributed by atoms with E-state index in [-0.39, 0.29) is 12.5 Å². The predicted octanol–water partition coefficient (Wildman–Crippen LogP) is 1.41. The zero-order valence-corrected chi connectivity index (χ0v) is 14.6. The number of morpholine rings is 1. The number of benzene rings is 1. The Kier molecular flexibility index (Phi) is 5.50. The van der Waals surface area contributed by atoms with Crippen molar-refractivity contribution < 1.29 is 14.6 Å². The van der Waals surface area contributed by atoms with E-state index < -0.39 is 5.60 Å². The van der Waals surface area contributed by atoms with Gasteiger partial charge in [0.15, 0.2) is 0 Å². The molecule has 6 heteroatoms. The number of hydrogen-bond donors (Lipinski definition) is 1. The lowest BCUT2D eigenvalue weighted by atomic mass is 9.91. The van der Waals surface area contributed by atoms with Crippen molar-refractivity contribution in [2.75, 3.05) is 26.3 Å². The molecule has 6 nitrogen and oxygen atoms in total. The second-order valence-corrected chi connectivity index (χ2v) is 6.66. The highest BCUT2D eigenvalue weighted by molar-refractivity contribution is 5.76. The van der Waals surface area contributed by atoms with E-state index in [4.69, 9.17) is 4.74 Å². The van der Waals surface area contributed by atoms with Crippen LogP contribution >= 0.6 is 0 Å². The first-order valence-corrected chi connectivity index (χ1v) is 8.65. The van der Waals surface area contributed by atoms with Crippen molar-refractivity contribution in [3.05, 3.63) is 54.1 Å². The number of aliphatic hydroxyl groups excluding tert-OH is 1. The number of amides is 1. The van der Waals surface area contributed by atoms with E-state index in [1.54, 1.807) is 12.5 Å². The Morgan fingerprint density at radius 2 is 2.24 bits per heavy atom. The summed E-state index contributed by atoms with van der Waals surface area (Å²) in [5, 5.41) is 10.00. The van der Waals surface area contributed by atoms with Gasteiger partial charge in [-0.25, -0.2) is 4.98 Å². The molecule has 0 aliphatic carbocycles. The molecule has 1 aromatic heterocycles. The van der Waals surface area contributed by atoms with E-state index in [0.29, 0.717) is 39.1 Å². The fourth-order valence-electron chi connectivity index (χ4n) is 3.27. The highest BCUT2D eigenvalue weighted by Gasteiger charge is 2.38. The second-order valence-electron chi connectivity index (χ2n) is 6.66. The number of hydrogen-bond acceptors (Lipinski definition) is 4. The van der Waals surface area contributed by atoms with E-state index >= 15 is 0 Å². The number of imidazole rings is 1. The molecule has 2 aromatic rings. The molecule has 25 heavy (non-hydrogen) atoms. The molecule has 134 valence electrons. The minimum atomic E-state index is -0.727. The van der Waals surface area contributed by atoms with Gasteiger partial charge in [0.1, 0.15) is 5.60 Å². The molecule has 1 amide bonds. The fourth-order valence-corrected chi connectivity index (χ4v) is 3.27. The smallest absolute Gasteiger partial charge is 0.224 e. The van der Waals surface area contributed by atoms with Gasteiger partial charge < -0.3 is 19.3 Å². The first kappa shape index (κ1) is 17.6. The monoisotopic (exact) mass is 343 g/mol. The molecular formula is C19H25N3O3. The van der Waals surface area contributed by atoms with Gasteiger partial charge in [-0.15, -0.1) is 0 Å². The molecule has 1 fully saturated rings. The van der Waals surface area contributed by atoms with Crippen molar-refractivity contribution >= 4 is 5.91 Å². The summed E-state index contributed by atoms with van der Waals surface area (Å²) in [6, 6.07) is 8.09. The summed E-state index contributed by atoms with van der Waals surface area (Å²) in [5.74, 6) is 0.0830. The van der Waals surface area contributed by atoms with Gasteiger partial charge in [-0.2, -0.15) is 0 Å². The number of ether oxygens (including phenoxy) is 1. The average Bonchev–Trinajstić information content (AvgIpc) is 3.15. The second kappa shape index (κ2) is 7.80. The first-order valence-electron chi connectivity index (χ1n) is 8.65. The number of carbonyl (C=O) groups excluding carboxylic acids is 1. The third-order valence-corrected chi connectivity index (χ3v) is 4.81. The minimum Gasteiger partial charge on any atom is -0.393 e. The van der Waals surface area contributed by atoms with Crippen LogP contribution in [-0.2, 0) is 22.5 Å². The highest BCUT2D eigenvalue weighted by atomic mass is 16.5. The molecule has 3 rings (SSSR count). The van der Waals surface area contributed by atoms with Crippen molar-refractivity contribution in [1.29, 1.82) is 0 Å². The van der Waals surface area contributed by atoms with Crippen LogP contribution in [0, 0.1) is 6.92 Å². The Labute approximate surface area is 148 Å². The van der Waals surface area contributed by atoms with E-state index in [0.717, 1.165) is 5.56 Å². The Bertz CT molecular complexity index is 702. The lowest BCUT2D eigenvalue weighted by Gasteiger charge is -2.42. The highest BCUT2D eigenvalue weighted by Crippen LogP contribution is 2.25. The van der Waals surface area contributed by atoms with Crippen LogP contribution in [0.5, 0.6) is 0 Å². The maximum absolute atomic E-state index is 12.6. The van der Waals surface area contributed by atoms with Gasteiger partial charge in [0, 0.05) is 38.3 Å². The standard InChI is InChI=1S/C19H25N3O3/c1-16-4-2-3-5-17(16)12-19(14-23)13-22(10-11-25-19)18(24)6-8-21-9-7-20-15-21/h2-5,7,9,15,23H,6,8,10-14H2,1H3/t19-/m0/s1. The van der Waals surface area contributed by atoms with Crippen LogP contribution in [0.15, 0.2) is 43.0 Å². The molecular weight excluding hydrogens is 318 g/mol. The Morgan fingerprint density at radius 1 is 1.40 bits per heavy atom. The van der Waals surface area contributed by atoms with E-state index in [2.05, 4.69) is 24.0 Å². The maximum atomic E-state index is 12.6. The molecule has 2 heterocycles. The van der Waals surface area contributed by atoms with Gasteiger partial charge in [0.2, 0.25) is 5.91 Å². The number of rotatable bonds is 6. The third-order valence-electron chi connectivity index (χ3n) is 4.81. The zero-order chi connectivity index (χ0) is 17.7. The van der Waals surface area contributed by atoms with Crippen molar-refractivity contribution in [2.45, 2.75) is 31.9 Å². The van der Waals surface area contributed by atoms with Gasteiger partial charge >= 0.3 is 0 Å². The maximum Gasteiger partial charge on any atom is 0.224 e. The molecule has 0 radical (unpaired) electrons. The van der Waals surface area contributed by atoms with Crippen molar-refractivity contribution in [2.24, 2.45) is 0 Å². The molecule has 1 aliphatic heterocycles. The van der Waals surface area contributed by atoms with Crippen LogP contribution < -0.4 is 0 Å². The molecule has 1 aliphatic rings. The molecule has 0 saturated carbocycles.